The second-order valence-electron chi connectivity index (χ2n) is 26.9. The summed E-state index contributed by atoms with van der Waals surface area (Å²) in [6.07, 6.45) is 0. The number of hydrogen-bond acceptors (Lipinski definition) is 5. The molecule has 0 saturated carbocycles. The monoisotopic (exact) mass is 1080 g/mol. The van der Waals surface area contributed by atoms with E-state index in [0.29, 0.717) is 16.9 Å². The minimum Gasteiger partial charge on any atom is -0.456 e. The van der Waals surface area contributed by atoms with Crippen LogP contribution in [0, 0.1) is 11.3 Å². The maximum Gasteiger partial charge on any atom is 0.261 e. The third kappa shape index (κ3) is 7.55. The number of nitrogens with zero attached hydrogens (tertiary/aromatic N) is 3. The lowest BCUT2D eigenvalue weighted by atomic mass is 9.34. The van der Waals surface area contributed by atoms with Gasteiger partial charge in [0.1, 0.15) is 53.9 Å². The molecule has 0 bridgehead atoms. The van der Waals surface area contributed by atoms with Crippen molar-refractivity contribution in [1.82, 2.24) is 4.57 Å². The first-order valence-electron chi connectivity index (χ1n) is 29.6. The zero-order valence-corrected chi connectivity index (χ0v) is 50.2. The molecule has 402 valence electrons. The van der Waals surface area contributed by atoms with Gasteiger partial charge in [-0.15, -0.1) is 5.46 Å². The lowest BCUT2D eigenvalue weighted by molar-refractivity contribution is 0.481. The van der Waals surface area contributed by atoms with Crippen molar-refractivity contribution in [2.45, 2.75) is 78.6 Å². The molecule has 0 saturated heterocycles. The molecule has 0 atom stereocenters. The molecule has 10 aromatic carbocycles. The Morgan fingerprint density at radius 2 is 1.10 bits per heavy atom. The van der Waals surface area contributed by atoms with Crippen LogP contribution in [-0.2, 0) is 16.2 Å². The summed E-state index contributed by atoms with van der Waals surface area (Å²) in [6.45, 7) is 20.4. The van der Waals surface area contributed by atoms with Gasteiger partial charge in [-0.2, -0.15) is 5.26 Å². The normalized spacial score (nSPS) is 13.3. The van der Waals surface area contributed by atoms with Gasteiger partial charge < -0.3 is 23.0 Å². The Morgan fingerprint density at radius 1 is 0.476 bits per heavy atom. The van der Waals surface area contributed by atoms with Crippen molar-refractivity contribution in [2.24, 2.45) is 0 Å². The first kappa shape index (κ1) is 51.9. The van der Waals surface area contributed by atoms with Crippen molar-refractivity contribution < 1.29 is 13.6 Å². The standard InChI is InChI=1S/C73H62B5N3O3/c1-71(2,3)42-24-28-51(48(35-42)39-17-11-10-12-18-39)81-53-36-45(80-52-27-23-38(37-79)29-49(52)60-61(74)62(75)63(76)64(77)67(60)80)25-26-50(53)78-65-54(81)32-41(40-30-43(72(4,5)6)34-44(31-40)73(7,8)9)33-57(65)84-70-66(78)68-58(46-19-13-15-21-55(46)82-68)59-47-20-14-16-22-56(47)83-69(59)70/h10-36H,74-77H2,1-9H3. The number of ether oxygens (including phenoxy) is 1. The highest BCUT2D eigenvalue weighted by Crippen LogP contribution is 2.52. The molecule has 0 radical (unpaired) electrons. The molecule has 0 unspecified atom stereocenters. The van der Waals surface area contributed by atoms with Gasteiger partial charge in [-0.3, -0.25) is 0 Å². The Balaban J connectivity index is 1.13. The third-order valence-corrected chi connectivity index (χ3v) is 18.8. The summed E-state index contributed by atoms with van der Waals surface area (Å²) in [4.78, 5) is 2.55. The van der Waals surface area contributed by atoms with Crippen LogP contribution in [0.25, 0.3) is 93.6 Å². The minimum atomic E-state index is -0.376. The van der Waals surface area contributed by atoms with Crippen LogP contribution < -0.4 is 47.9 Å². The van der Waals surface area contributed by atoms with E-state index in [9.17, 15) is 5.26 Å². The van der Waals surface area contributed by atoms with E-state index in [1.54, 1.807) is 0 Å². The van der Waals surface area contributed by atoms with Crippen molar-refractivity contribution in [1.29, 1.82) is 5.26 Å². The van der Waals surface area contributed by atoms with Crippen molar-refractivity contribution in [3.8, 4) is 45.5 Å². The average Bonchev–Trinajstić information content (AvgIpc) is 1.29. The van der Waals surface area contributed by atoms with Crippen molar-refractivity contribution in [2.75, 3.05) is 4.90 Å². The van der Waals surface area contributed by atoms with E-state index in [2.05, 4.69) is 261 Å². The highest BCUT2D eigenvalue weighted by molar-refractivity contribution is 7.01. The largest absolute Gasteiger partial charge is 0.456 e. The number of aromatic nitrogens is 1. The fraction of sp³-hybridized carbons (Fsp3) is 0.164. The maximum absolute atomic E-state index is 10.4. The van der Waals surface area contributed by atoms with Crippen molar-refractivity contribution in [3.05, 3.63) is 186 Å². The number of nitriles is 1. The van der Waals surface area contributed by atoms with Crippen molar-refractivity contribution in [3.63, 3.8) is 0 Å². The zero-order chi connectivity index (χ0) is 58.2. The topological polar surface area (TPSA) is 67.5 Å². The van der Waals surface area contributed by atoms with Crippen LogP contribution in [0.1, 0.15) is 84.6 Å². The van der Waals surface area contributed by atoms with Crippen LogP contribution in [0.3, 0.4) is 0 Å². The molecule has 11 heteroatoms. The van der Waals surface area contributed by atoms with Gasteiger partial charge in [0.05, 0.1) is 22.8 Å². The summed E-state index contributed by atoms with van der Waals surface area (Å²) in [5, 5.41) is 16.7. The van der Waals surface area contributed by atoms with E-state index < -0.39 is 0 Å². The fourth-order valence-electron chi connectivity index (χ4n) is 13.9. The highest BCUT2D eigenvalue weighted by atomic mass is 16.5. The number of para-hydroxylation sites is 2. The maximum atomic E-state index is 10.4. The molecule has 0 amide bonds. The summed E-state index contributed by atoms with van der Waals surface area (Å²) in [5.74, 6) is 1.44. The molecule has 2 aliphatic rings. The SMILES string of the molecule is Bc1c(B)c(B)c2c(c1B)c1cc(C#N)ccc1n2-c1ccc2c(c1)N(c1ccc(C(C)(C)C)cc1-c1ccccc1)c1cc(-c3cc(C(C)(C)C)cc(C(C)(C)C)c3)cc3c1B2c1c(c2oc4ccccc4c2c2c1oc1ccccc12)O3. The van der Waals surface area contributed by atoms with Gasteiger partial charge in [0.15, 0.2) is 11.3 Å². The lowest BCUT2D eigenvalue weighted by Crippen LogP contribution is -2.59. The summed E-state index contributed by atoms with van der Waals surface area (Å²) in [6, 6.07) is 62.4. The molecule has 13 aromatic rings. The molecule has 0 aliphatic carbocycles. The van der Waals surface area contributed by atoms with E-state index in [0.717, 1.165) is 122 Å². The number of fused-ring (bicyclic) bond motifs is 16. The van der Waals surface area contributed by atoms with Gasteiger partial charge in [-0.25, -0.2) is 0 Å². The number of benzene rings is 10. The van der Waals surface area contributed by atoms with Crippen LogP contribution in [0.15, 0.2) is 173 Å². The Kier molecular flexibility index (Phi) is 11.1. The van der Waals surface area contributed by atoms with Gasteiger partial charge in [0.2, 0.25) is 0 Å². The molecule has 5 heterocycles. The molecular weight excluding hydrogens is 1020 g/mol. The van der Waals surface area contributed by atoms with E-state index in [1.165, 1.54) is 43.9 Å². The summed E-state index contributed by atoms with van der Waals surface area (Å²) < 4.78 is 24.6. The second-order valence-corrected chi connectivity index (χ2v) is 26.9. The molecule has 3 aromatic heterocycles. The predicted molar refractivity (Wildman–Crippen MR) is 366 cm³/mol. The molecule has 84 heavy (non-hydrogen) atoms. The van der Waals surface area contributed by atoms with E-state index >= 15 is 0 Å². The number of hydrogen-bond donors (Lipinski definition) is 0. The average molecular weight is 1080 g/mol. The van der Waals surface area contributed by atoms with Crippen LogP contribution in [0.2, 0.25) is 0 Å². The number of anilines is 3. The molecule has 0 spiro atoms. The second kappa shape index (κ2) is 18.0. The van der Waals surface area contributed by atoms with Gasteiger partial charge in [0, 0.05) is 65.9 Å². The highest BCUT2D eigenvalue weighted by Gasteiger charge is 2.47. The zero-order valence-electron chi connectivity index (χ0n) is 50.2. The molecule has 0 fully saturated rings. The van der Waals surface area contributed by atoms with Crippen LogP contribution in [-0.4, -0.2) is 42.7 Å². The first-order valence-corrected chi connectivity index (χ1v) is 29.6. The summed E-state index contributed by atoms with van der Waals surface area (Å²) in [7, 11) is 8.97. The smallest absolute Gasteiger partial charge is 0.261 e. The van der Waals surface area contributed by atoms with Gasteiger partial charge in [0.25, 0.3) is 6.71 Å². The fourth-order valence-corrected chi connectivity index (χ4v) is 13.9. The number of rotatable bonds is 4. The van der Waals surface area contributed by atoms with Crippen LogP contribution >= 0.6 is 0 Å². The summed E-state index contributed by atoms with van der Waals surface area (Å²) in [5.41, 5.74) is 26.0. The van der Waals surface area contributed by atoms with E-state index in [1.807, 2.05) is 12.1 Å². The molecule has 0 N–H and O–H groups in total. The van der Waals surface area contributed by atoms with Crippen molar-refractivity contribution >= 4 is 159 Å². The predicted octanol–water partition coefficient (Wildman–Crippen LogP) is 11.1. The Morgan fingerprint density at radius 3 is 1.76 bits per heavy atom. The minimum absolute atomic E-state index is 0.123. The third-order valence-electron chi connectivity index (χ3n) is 18.8. The van der Waals surface area contributed by atoms with Gasteiger partial charge in [-0.05, 0) is 127 Å². The van der Waals surface area contributed by atoms with Crippen LogP contribution in [0.4, 0.5) is 17.1 Å². The molecule has 15 rings (SSSR count). The quantitative estimate of drug-likeness (QED) is 0.164. The molecular formula is C73H62B5N3O3. The Labute approximate surface area is 494 Å². The van der Waals surface area contributed by atoms with E-state index in [4.69, 9.17) is 13.6 Å². The first-order chi connectivity index (χ1) is 40.2. The Hall–Kier alpha value is -8.99. The van der Waals surface area contributed by atoms with Crippen LogP contribution in [0.5, 0.6) is 11.5 Å². The molecule has 6 nitrogen and oxygen atoms in total. The molecule has 2 aliphatic heterocycles. The van der Waals surface area contributed by atoms with E-state index in [-0.39, 0.29) is 23.0 Å². The Bertz CT molecular complexity index is 5050. The summed E-state index contributed by atoms with van der Waals surface area (Å²) >= 11 is 0. The van der Waals surface area contributed by atoms with Gasteiger partial charge in [-0.1, -0.05) is 176 Å². The number of furan rings is 2. The lowest BCUT2D eigenvalue weighted by Gasteiger charge is -2.41. The van der Waals surface area contributed by atoms with Gasteiger partial charge >= 0.3 is 0 Å².